The molecule has 1 heterocycles. The van der Waals surface area contributed by atoms with E-state index in [0.717, 1.165) is 32.9 Å². The molecule has 2 aromatic carbocycles. The Morgan fingerprint density at radius 2 is 1.67 bits per heavy atom. The van der Waals surface area contributed by atoms with Crippen molar-refractivity contribution < 1.29 is 9.84 Å². The minimum absolute atomic E-state index is 0.169. The SMILES string of the molecule is COc1cc(-c2sccc2-c2ccccc2)c(O)c(C(C)(C)C)c1. The van der Waals surface area contributed by atoms with Crippen LogP contribution in [0.5, 0.6) is 11.5 Å². The fraction of sp³-hybridized carbons (Fsp3) is 0.238. The van der Waals surface area contributed by atoms with E-state index in [0.29, 0.717) is 5.75 Å². The lowest BCUT2D eigenvalue weighted by atomic mass is 9.84. The third-order valence-electron chi connectivity index (χ3n) is 4.12. The molecule has 0 saturated carbocycles. The van der Waals surface area contributed by atoms with E-state index in [1.54, 1.807) is 18.4 Å². The highest BCUT2D eigenvalue weighted by molar-refractivity contribution is 7.14. The van der Waals surface area contributed by atoms with Crippen molar-refractivity contribution in [3.05, 3.63) is 59.5 Å². The molecule has 0 amide bonds. The fourth-order valence-corrected chi connectivity index (χ4v) is 3.77. The van der Waals surface area contributed by atoms with Gasteiger partial charge in [-0.05, 0) is 34.6 Å². The molecule has 0 unspecified atom stereocenters. The summed E-state index contributed by atoms with van der Waals surface area (Å²) in [7, 11) is 1.66. The molecule has 3 heteroatoms. The van der Waals surface area contributed by atoms with E-state index in [2.05, 4.69) is 44.4 Å². The van der Waals surface area contributed by atoms with Gasteiger partial charge in [-0.3, -0.25) is 0 Å². The van der Waals surface area contributed by atoms with E-state index in [9.17, 15) is 5.11 Å². The molecule has 0 aliphatic rings. The Labute approximate surface area is 147 Å². The van der Waals surface area contributed by atoms with E-state index in [1.165, 1.54) is 0 Å². The molecule has 124 valence electrons. The van der Waals surface area contributed by atoms with E-state index in [4.69, 9.17) is 4.74 Å². The van der Waals surface area contributed by atoms with Gasteiger partial charge in [0.2, 0.25) is 0 Å². The first-order chi connectivity index (χ1) is 11.4. The fourth-order valence-electron chi connectivity index (χ4n) is 2.83. The summed E-state index contributed by atoms with van der Waals surface area (Å²) < 4.78 is 5.48. The van der Waals surface area contributed by atoms with Crippen molar-refractivity contribution in [2.75, 3.05) is 7.11 Å². The number of aromatic hydroxyl groups is 1. The number of rotatable bonds is 3. The summed E-state index contributed by atoms with van der Waals surface area (Å²) in [4.78, 5) is 1.06. The maximum atomic E-state index is 10.9. The van der Waals surface area contributed by atoms with Crippen molar-refractivity contribution >= 4 is 11.3 Å². The molecule has 0 spiro atoms. The van der Waals surface area contributed by atoms with Gasteiger partial charge in [0.15, 0.2) is 0 Å². The standard InChI is InChI=1S/C21H22O2S/c1-21(2,3)18-13-15(23-4)12-17(19(18)22)20-16(10-11-24-20)14-8-6-5-7-9-14/h5-13,22H,1-4H3. The molecule has 0 radical (unpaired) electrons. The van der Waals surface area contributed by atoms with Crippen molar-refractivity contribution in [2.45, 2.75) is 26.2 Å². The molecule has 3 aromatic rings. The molecule has 0 atom stereocenters. The van der Waals surface area contributed by atoms with Crippen LogP contribution in [0.4, 0.5) is 0 Å². The molecule has 0 fully saturated rings. The van der Waals surface area contributed by atoms with Crippen LogP contribution in [0.15, 0.2) is 53.9 Å². The van der Waals surface area contributed by atoms with Crippen LogP contribution in [0.25, 0.3) is 21.6 Å². The predicted octanol–water partition coefficient (Wildman–Crippen LogP) is 6.09. The van der Waals surface area contributed by atoms with Gasteiger partial charge in [0.25, 0.3) is 0 Å². The summed E-state index contributed by atoms with van der Waals surface area (Å²) in [5, 5.41) is 13.0. The molecule has 0 aliphatic carbocycles. The van der Waals surface area contributed by atoms with Crippen LogP contribution < -0.4 is 4.74 Å². The Bertz CT molecular complexity index is 842. The number of benzene rings is 2. The molecule has 1 aromatic heterocycles. The van der Waals surface area contributed by atoms with E-state index < -0.39 is 0 Å². The zero-order chi connectivity index (χ0) is 17.3. The maximum Gasteiger partial charge on any atom is 0.128 e. The van der Waals surface area contributed by atoms with E-state index >= 15 is 0 Å². The number of thiophene rings is 1. The highest BCUT2D eigenvalue weighted by Gasteiger charge is 2.24. The normalized spacial score (nSPS) is 11.5. The third-order valence-corrected chi connectivity index (χ3v) is 5.07. The van der Waals surface area contributed by atoms with E-state index in [-0.39, 0.29) is 5.41 Å². The molecule has 0 aliphatic heterocycles. The first-order valence-electron chi connectivity index (χ1n) is 7.96. The average molecular weight is 338 g/mol. The Morgan fingerprint density at radius 1 is 0.958 bits per heavy atom. The second kappa shape index (κ2) is 6.33. The average Bonchev–Trinajstić information content (AvgIpc) is 3.04. The topological polar surface area (TPSA) is 29.5 Å². The zero-order valence-corrected chi connectivity index (χ0v) is 15.3. The number of ether oxygens (including phenoxy) is 1. The van der Waals surface area contributed by atoms with Crippen LogP contribution >= 0.6 is 11.3 Å². The van der Waals surface area contributed by atoms with Crippen molar-refractivity contribution in [2.24, 2.45) is 0 Å². The Hall–Kier alpha value is -2.26. The largest absolute Gasteiger partial charge is 0.507 e. The second-order valence-corrected chi connectivity index (χ2v) is 7.77. The maximum absolute atomic E-state index is 10.9. The van der Waals surface area contributed by atoms with Gasteiger partial charge in [-0.1, -0.05) is 51.1 Å². The van der Waals surface area contributed by atoms with Gasteiger partial charge in [-0.15, -0.1) is 11.3 Å². The van der Waals surface area contributed by atoms with Gasteiger partial charge in [0.1, 0.15) is 11.5 Å². The Kier molecular flexibility index (Phi) is 4.37. The summed E-state index contributed by atoms with van der Waals surface area (Å²) in [6.45, 7) is 6.29. The minimum Gasteiger partial charge on any atom is -0.507 e. The highest BCUT2D eigenvalue weighted by Crippen LogP contribution is 2.46. The lowest BCUT2D eigenvalue weighted by molar-refractivity contribution is 0.406. The summed E-state index contributed by atoms with van der Waals surface area (Å²) in [6, 6.07) is 16.2. The lowest BCUT2D eigenvalue weighted by Gasteiger charge is -2.23. The quantitative estimate of drug-likeness (QED) is 0.626. The van der Waals surface area contributed by atoms with Gasteiger partial charge in [0.05, 0.1) is 7.11 Å². The van der Waals surface area contributed by atoms with Crippen LogP contribution in [-0.2, 0) is 5.41 Å². The van der Waals surface area contributed by atoms with Crippen LogP contribution in [-0.4, -0.2) is 12.2 Å². The molecule has 3 rings (SSSR count). The minimum atomic E-state index is -0.169. The summed E-state index contributed by atoms with van der Waals surface area (Å²) >= 11 is 1.63. The van der Waals surface area contributed by atoms with Gasteiger partial charge >= 0.3 is 0 Å². The number of phenols is 1. The molecule has 0 saturated heterocycles. The summed E-state index contributed by atoms with van der Waals surface area (Å²) in [6.07, 6.45) is 0. The van der Waals surface area contributed by atoms with Gasteiger partial charge in [-0.25, -0.2) is 0 Å². The van der Waals surface area contributed by atoms with Gasteiger partial charge in [0, 0.05) is 21.6 Å². The highest BCUT2D eigenvalue weighted by atomic mass is 32.1. The Balaban J connectivity index is 2.23. The molecule has 1 N–H and O–H groups in total. The number of phenolic OH excluding ortho intramolecular Hbond substituents is 1. The van der Waals surface area contributed by atoms with Gasteiger partial charge in [-0.2, -0.15) is 0 Å². The van der Waals surface area contributed by atoms with Crippen LogP contribution in [0.3, 0.4) is 0 Å². The molecule has 0 bridgehead atoms. The van der Waals surface area contributed by atoms with Crippen molar-refractivity contribution in [1.29, 1.82) is 0 Å². The van der Waals surface area contributed by atoms with Crippen molar-refractivity contribution in [3.8, 4) is 33.1 Å². The molecular weight excluding hydrogens is 316 g/mol. The third kappa shape index (κ3) is 3.04. The van der Waals surface area contributed by atoms with Crippen LogP contribution in [0.2, 0.25) is 0 Å². The first-order valence-corrected chi connectivity index (χ1v) is 8.84. The zero-order valence-electron chi connectivity index (χ0n) is 14.5. The lowest BCUT2D eigenvalue weighted by Crippen LogP contribution is -2.12. The van der Waals surface area contributed by atoms with E-state index in [1.807, 2.05) is 30.3 Å². The molecular formula is C21H22O2S. The summed E-state index contributed by atoms with van der Waals surface area (Å²) in [5.41, 5.74) is 3.83. The number of hydrogen-bond donors (Lipinski definition) is 1. The van der Waals surface area contributed by atoms with Crippen molar-refractivity contribution in [1.82, 2.24) is 0 Å². The van der Waals surface area contributed by atoms with Gasteiger partial charge < -0.3 is 9.84 Å². The number of methoxy groups -OCH3 is 1. The number of hydrogen-bond acceptors (Lipinski definition) is 3. The smallest absolute Gasteiger partial charge is 0.128 e. The Morgan fingerprint density at radius 3 is 2.29 bits per heavy atom. The van der Waals surface area contributed by atoms with Crippen LogP contribution in [0.1, 0.15) is 26.3 Å². The first kappa shape index (κ1) is 16.6. The molecule has 2 nitrogen and oxygen atoms in total. The monoisotopic (exact) mass is 338 g/mol. The van der Waals surface area contributed by atoms with Crippen molar-refractivity contribution in [3.63, 3.8) is 0 Å². The second-order valence-electron chi connectivity index (χ2n) is 6.85. The van der Waals surface area contributed by atoms with Crippen LogP contribution in [0, 0.1) is 0 Å². The molecule has 24 heavy (non-hydrogen) atoms. The predicted molar refractivity (Wildman–Crippen MR) is 102 cm³/mol. The summed E-state index contributed by atoms with van der Waals surface area (Å²) in [5.74, 6) is 1.10.